The van der Waals surface area contributed by atoms with Crippen molar-refractivity contribution in [2.45, 2.75) is 6.18 Å². The molecule has 0 radical (unpaired) electrons. The van der Waals surface area contributed by atoms with Gasteiger partial charge in [-0.1, -0.05) is 5.16 Å². The first-order valence-electron chi connectivity index (χ1n) is 4.58. The predicted octanol–water partition coefficient (Wildman–Crippen LogP) is 3.69. The van der Waals surface area contributed by atoms with Gasteiger partial charge in [0.05, 0.1) is 11.1 Å². The molecular formula is C10H5F4IN2O. The number of benzene rings is 1. The number of nitrogen functional groups attached to an aromatic ring is 1. The molecule has 8 heteroatoms. The summed E-state index contributed by atoms with van der Waals surface area (Å²) >= 11 is 1.72. The normalized spacial score (nSPS) is 11.8. The van der Waals surface area contributed by atoms with Crippen LogP contribution in [0.1, 0.15) is 5.56 Å². The highest BCUT2D eigenvalue weighted by Crippen LogP contribution is 2.36. The van der Waals surface area contributed by atoms with Crippen molar-refractivity contribution in [2.75, 3.05) is 5.73 Å². The molecule has 3 nitrogen and oxygen atoms in total. The van der Waals surface area contributed by atoms with Crippen molar-refractivity contribution in [3.63, 3.8) is 0 Å². The van der Waals surface area contributed by atoms with Crippen LogP contribution in [0.5, 0.6) is 0 Å². The zero-order valence-electron chi connectivity index (χ0n) is 8.55. The molecule has 18 heavy (non-hydrogen) atoms. The fourth-order valence-corrected chi connectivity index (χ4v) is 1.82. The topological polar surface area (TPSA) is 52.0 Å². The van der Waals surface area contributed by atoms with Crippen LogP contribution in [0.3, 0.4) is 0 Å². The number of anilines is 1. The van der Waals surface area contributed by atoms with Gasteiger partial charge in [0.2, 0.25) is 0 Å². The summed E-state index contributed by atoms with van der Waals surface area (Å²) in [6.45, 7) is 0. The Morgan fingerprint density at radius 3 is 2.44 bits per heavy atom. The van der Waals surface area contributed by atoms with E-state index in [1.165, 1.54) is 0 Å². The molecule has 2 aromatic rings. The van der Waals surface area contributed by atoms with Gasteiger partial charge in [-0.25, -0.2) is 4.39 Å². The van der Waals surface area contributed by atoms with Gasteiger partial charge in [0.1, 0.15) is 9.39 Å². The number of rotatable bonds is 1. The third-order valence-electron chi connectivity index (χ3n) is 2.20. The lowest BCUT2D eigenvalue weighted by molar-refractivity contribution is -0.137. The molecule has 2 N–H and O–H groups in total. The molecule has 0 saturated carbocycles. The Morgan fingerprint density at radius 1 is 1.28 bits per heavy atom. The molecular weight excluding hydrogens is 367 g/mol. The molecule has 0 spiro atoms. The minimum Gasteiger partial charge on any atom is -0.380 e. The van der Waals surface area contributed by atoms with Crippen molar-refractivity contribution in [1.29, 1.82) is 0 Å². The maximum absolute atomic E-state index is 13.5. The van der Waals surface area contributed by atoms with Crippen LogP contribution in [0, 0.1) is 9.39 Å². The number of alkyl halides is 3. The van der Waals surface area contributed by atoms with Crippen LogP contribution in [-0.2, 0) is 6.18 Å². The molecule has 0 unspecified atom stereocenters. The minimum atomic E-state index is -4.56. The van der Waals surface area contributed by atoms with Crippen LogP contribution in [0.15, 0.2) is 22.7 Å². The fraction of sp³-hybridized carbons (Fsp3) is 0.100. The van der Waals surface area contributed by atoms with Gasteiger partial charge >= 0.3 is 6.18 Å². The highest BCUT2D eigenvalue weighted by Gasteiger charge is 2.32. The molecule has 0 amide bonds. The molecule has 0 aliphatic carbocycles. The van der Waals surface area contributed by atoms with Gasteiger partial charge < -0.3 is 10.3 Å². The van der Waals surface area contributed by atoms with Crippen LogP contribution in [0.25, 0.3) is 11.3 Å². The second-order valence-corrected chi connectivity index (χ2v) is 4.48. The van der Waals surface area contributed by atoms with E-state index in [0.717, 1.165) is 6.07 Å². The molecule has 2 rings (SSSR count). The van der Waals surface area contributed by atoms with Gasteiger partial charge in [-0.15, -0.1) is 0 Å². The average molecular weight is 372 g/mol. The van der Waals surface area contributed by atoms with E-state index in [0.29, 0.717) is 12.1 Å². The van der Waals surface area contributed by atoms with E-state index in [9.17, 15) is 17.6 Å². The monoisotopic (exact) mass is 372 g/mol. The lowest BCUT2D eigenvalue weighted by atomic mass is 10.1. The second-order valence-electron chi connectivity index (χ2n) is 3.40. The first-order chi connectivity index (χ1) is 8.30. The Hall–Kier alpha value is -1.32. The quantitative estimate of drug-likeness (QED) is 0.614. The zero-order chi connectivity index (χ0) is 13.5. The minimum absolute atomic E-state index is 0.00223. The lowest BCUT2D eigenvalue weighted by Crippen LogP contribution is -2.05. The van der Waals surface area contributed by atoms with Crippen LogP contribution in [0.2, 0.25) is 0 Å². The molecule has 0 bridgehead atoms. The van der Waals surface area contributed by atoms with E-state index in [4.69, 9.17) is 10.3 Å². The number of nitrogens with zero attached hydrogens (tertiary/aromatic N) is 1. The molecule has 0 atom stereocenters. The standard InChI is InChI=1S/C10H5F4IN2O/c11-6-2-1-4(10(12,13)14)3-5(6)8-7(15)9(16)17-18-8/h1-3H,(H2,16,17). The van der Waals surface area contributed by atoms with Gasteiger partial charge in [-0.05, 0) is 40.8 Å². The summed E-state index contributed by atoms with van der Waals surface area (Å²) < 4.78 is 56.1. The smallest absolute Gasteiger partial charge is 0.380 e. The number of hydrogen-bond donors (Lipinski definition) is 1. The summed E-state index contributed by atoms with van der Waals surface area (Å²) in [6.07, 6.45) is -4.56. The highest BCUT2D eigenvalue weighted by molar-refractivity contribution is 14.1. The molecule has 1 aromatic heterocycles. The molecule has 96 valence electrons. The van der Waals surface area contributed by atoms with Crippen LogP contribution >= 0.6 is 22.6 Å². The predicted molar refractivity (Wildman–Crippen MR) is 64.0 cm³/mol. The van der Waals surface area contributed by atoms with Crippen molar-refractivity contribution >= 4 is 28.4 Å². The summed E-state index contributed by atoms with van der Waals surface area (Å²) in [5.74, 6) is -0.948. The van der Waals surface area contributed by atoms with E-state index in [1.807, 2.05) is 0 Å². The lowest BCUT2D eigenvalue weighted by Gasteiger charge is -2.08. The maximum Gasteiger partial charge on any atom is 0.416 e. The molecule has 0 fully saturated rings. The maximum atomic E-state index is 13.5. The Labute approximate surface area is 112 Å². The fourth-order valence-electron chi connectivity index (χ4n) is 1.33. The van der Waals surface area contributed by atoms with E-state index in [2.05, 4.69) is 5.16 Å². The van der Waals surface area contributed by atoms with Crippen LogP contribution < -0.4 is 5.73 Å². The number of aromatic nitrogens is 1. The molecule has 1 heterocycles. The summed E-state index contributed by atoms with van der Waals surface area (Å²) in [6, 6.07) is 2.05. The summed E-state index contributed by atoms with van der Waals surface area (Å²) in [7, 11) is 0. The Balaban J connectivity index is 2.61. The first-order valence-corrected chi connectivity index (χ1v) is 5.66. The molecule has 1 aromatic carbocycles. The molecule has 0 saturated heterocycles. The number of nitrogens with two attached hydrogens (primary N) is 1. The number of halogens is 5. The second kappa shape index (κ2) is 4.41. The first kappa shape index (κ1) is 13.1. The van der Waals surface area contributed by atoms with Crippen LogP contribution in [0.4, 0.5) is 23.4 Å². The van der Waals surface area contributed by atoms with E-state index in [-0.39, 0.29) is 20.7 Å². The van der Waals surface area contributed by atoms with Crippen molar-refractivity contribution in [3.05, 3.63) is 33.1 Å². The van der Waals surface area contributed by atoms with Crippen LogP contribution in [-0.4, -0.2) is 5.16 Å². The SMILES string of the molecule is Nc1noc(-c2cc(C(F)(F)F)ccc2F)c1I. The van der Waals surface area contributed by atoms with E-state index in [1.54, 1.807) is 22.6 Å². The van der Waals surface area contributed by atoms with E-state index >= 15 is 0 Å². The van der Waals surface area contributed by atoms with Crippen molar-refractivity contribution in [2.24, 2.45) is 0 Å². The summed E-state index contributed by atoms with van der Waals surface area (Å²) in [4.78, 5) is 0. The summed E-state index contributed by atoms with van der Waals surface area (Å²) in [5.41, 5.74) is 4.11. The zero-order valence-corrected chi connectivity index (χ0v) is 10.7. The highest BCUT2D eigenvalue weighted by atomic mass is 127. The third-order valence-corrected chi connectivity index (χ3v) is 3.24. The molecule has 0 aliphatic rings. The molecule has 0 aliphatic heterocycles. The Bertz CT molecular complexity index is 594. The third kappa shape index (κ3) is 2.28. The Morgan fingerprint density at radius 2 is 1.94 bits per heavy atom. The van der Waals surface area contributed by atoms with Crippen molar-refractivity contribution in [3.8, 4) is 11.3 Å². The van der Waals surface area contributed by atoms with Gasteiger partial charge in [-0.2, -0.15) is 13.2 Å². The summed E-state index contributed by atoms with van der Waals surface area (Å²) in [5, 5.41) is 3.37. The van der Waals surface area contributed by atoms with Gasteiger partial charge in [-0.3, -0.25) is 0 Å². The number of hydrogen-bond acceptors (Lipinski definition) is 3. The van der Waals surface area contributed by atoms with E-state index < -0.39 is 17.6 Å². The van der Waals surface area contributed by atoms with Gasteiger partial charge in [0, 0.05) is 0 Å². The van der Waals surface area contributed by atoms with Crippen molar-refractivity contribution < 1.29 is 22.1 Å². The Kier molecular flexibility index (Phi) is 3.21. The largest absolute Gasteiger partial charge is 0.416 e. The van der Waals surface area contributed by atoms with Gasteiger partial charge in [0.25, 0.3) is 0 Å². The van der Waals surface area contributed by atoms with Gasteiger partial charge in [0.15, 0.2) is 11.6 Å². The van der Waals surface area contributed by atoms with Crippen molar-refractivity contribution in [1.82, 2.24) is 5.16 Å². The average Bonchev–Trinajstić information content (AvgIpc) is 2.59.